The summed E-state index contributed by atoms with van der Waals surface area (Å²) in [6.07, 6.45) is 0. The van der Waals surface area contributed by atoms with E-state index in [4.69, 9.17) is 11.6 Å². The molecule has 0 fully saturated rings. The van der Waals surface area contributed by atoms with E-state index < -0.39 is 0 Å². The van der Waals surface area contributed by atoms with Crippen molar-refractivity contribution < 1.29 is 4.79 Å². The molecule has 1 heterocycles. The minimum atomic E-state index is -0.246. The van der Waals surface area contributed by atoms with Crippen molar-refractivity contribution in [2.75, 3.05) is 5.32 Å². The van der Waals surface area contributed by atoms with E-state index >= 15 is 0 Å². The lowest BCUT2D eigenvalue weighted by atomic mass is 10.2. The Labute approximate surface area is 135 Å². The van der Waals surface area contributed by atoms with E-state index in [2.05, 4.69) is 29.6 Å². The number of hydrogen-bond acceptors (Lipinski definition) is 2. The molecule has 0 radical (unpaired) electrons. The number of carbonyl (C=O) groups is 1. The summed E-state index contributed by atoms with van der Waals surface area (Å²) in [5.74, 6) is 0. The van der Waals surface area contributed by atoms with E-state index in [0.29, 0.717) is 11.6 Å². The Morgan fingerprint density at radius 1 is 1.27 bits per heavy atom. The number of amides is 2. The second kappa shape index (κ2) is 6.83. The molecule has 2 rings (SSSR count). The molecule has 118 valence electrons. The van der Waals surface area contributed by atoms with Gasteiger partial charge in [-0.05, 0) is 45.4 Å². The van der Waals surface area contributed by atoms with Gasteiger partial charge < -0.3 is 10.6 Å². The van der Waals surface area contributed by atoms with Crippen molar-refractivity contribution >= 4 is 23.3 Å². The number of aromatic nitrogens is 2. The third-order valence-electron chi connectivity index (χ3n) is 3.42. The number of urea groups is 1. The van der Waals surface area contributed by atoms with Crippen LogP contribution >= 0.6 is 11.6 Å². The summed E-state index contributed by atoms with van der Waals surface area (Å²) in [5, 5.41) is 10.8. The molecule has 0 spiro atoms. The Balaban J connectivity index is 1.99. The molecule has 2 aromatic rings. The average molecular weight is 321 g/mol. The van der Waals surface area contributed by atoms with Gasteiger partial charge in [0.05, 0.1) is 17.1 Å². The lowest BCUT2D eigenvalue weighted by Gasteiger charge is -2.10. The molecule has 0 aliphatic rings. The van der Waals surface area contributed by atoms with E-state index in [-0.39, 0.29) is 12.1 Å². The molecule has 1 aromatic heterocycles. The third-order valence-corrected chi connectivity index (χ3v) is 3.67. The maximum Gasteiger partial charge on any atom is 0.319 e. The molecule has 0 aliphatic carbocycles. The number of anilines is 1. The monoisotopic (exact) mass is 320 g/mol. The van der Waals surface area contributed by atoms with Gasteiger partial charge in [0, 0.05) is 17.6 Å². The summed E-state index contributed by atoms with van der Waals surface area (Å²) in [4.78, 5) is 12.1. The van der Waals surface area contributed by atoms with Gasteiger partial charge in [0.15, 0.2) is 0 Å². The molecule has 0 atom stereocenters. The number of nitrogens with zero attached hydrogens (tertiary/aromatic N) is 2. The Morgan fingerprint density at radius 3 is 2.45 bits per heavy atom. The first kappa shape index (κ1) is 16.4. The Kier molecular flexibility index (Phi) is 5.08. The van der Waals surface area contributed by atoms with Crippen LogP contribution in [0, 0.1) is 13.8 Å². The van der Waals surface area contributed by atoms with Crippen molar-refractivity contribution in [2.24, 2.45) is 0 Å². The highest BCUT2D eigenvalue weighted by atomic mass is 35.5. The van der Waals surface area contributed by atoms with Crippen molar-refractivity contribution in [3.8, 4) is 0 Å². The first-order valence-electron chi connectivity index (χ1n) is 7.23. The lowest BCUT2D eigenvalue weighted by molar-refractivity contribution is 0.251. The molecular weight excluding hydrogens is 300 g/mol. The maximum atomic E-state index is 12.1. The summed E-state index contributed by atoms with van der Waals surface area (Å²) < 4.78 is 1.91. The molecule has 22 heavy (non-hydrogen) atoms. The van der Waals surface area contributed by atoms with Gasteiger partial charge in [0.2, 0.25) is 0 Å². The maximum absolute atomic E-state index is 12.1. The summed E-state index contributed by atoms with van der Waals surface area (Å²) in [5.41, 5.74) is 3.52. The van der Waals surface area contributed by atoms with Crippen LogP contribution in [-0.2, 0) is 6.54 Å². The molecule has 2 amide bonds. The topological polar surface area (TPSA) is 59.0 Å². The fraction of sp³-hybridized carbons (Fsp3) is 0.375. The second-order valence-corrected chi connectivity index (χ2v) is 5.95. The van der Waals surface area contributed by atoms with Crippen LogP contribution in [0.25, 0.3) is 0 Å². The summed E-state index contributed by atoms with van der Waals surface area (Å²) in [7, 11) is 0. The number of rotatable bonds is 4. The quantitative estimate of drug-likeness (QED) is 0.892. The van der Waals surface area contributed by atoms with E-state index in [1.807, 2.05) is 30.7 Å². The van der Waals surface area contributed by atoms with E-state index in [9.17, 15) is 4.79 Å². The molecule has 0 saturated carbocycles. The van der Waals surface area contributed by atoms with Crippen LogP contribution in [0.1, 0.15) is 36.8 Å². The zero-order chi connectivity index (χ0) is 16.3. The molecule has 1 aromatic carbocycles. The average Bonchev–Trinajstić information content (AvgIpc) is 2.75. The minimum absolute atomic E-state index is 0.246. The molecule has 2 N–H and O–H groups in total. The predicted octanol–water partition coefficient (Wildman–Crippen LogP) is 4.06. The van der Waals surface area contributed by atoms with Crippen molar-refractivity contribution in [3.63, 3.8) is 0 Å². The summed E-state index contributed by atoms with van der Waals surface area (Å²) >= 11 is 5.84. The van der Waals surface area contributed by atoms with Gasteiger partial charge in [-0.3, -0.25) is 4.68 Å². The Morgan fingerprint density at radius 2 is 1.91 bits per heavy atom. The highest BCUT2D eigenvalue weighted by molar-refractivity contribution is 6.30. The fourth-order valence-corrected chi connectivity index (χ4v) is 2.41. The number of halogens is 1. The highest BCUT2D eigenvalue weighted by Gasteiger charge is 2.15. The second-order valence-electron chi connectivity index (χ2n) is 5.52. The molecular formula is C16H21ClN4O. The molecule has 0 unspecified atom stereocenters. The van der Waals surface area contributed by atoms with Crippen molar-refractivity contribution in [2.45, 2.75) is 40.3 Å². The Bertz CT molecular complexity index is 662. The van der Waals surface area contributed by atoms with Gasteiger partial charge >= 0.3 is 6.03 Å². The normalized spacial score (nSPS) is 10.8. The van der Waals surface area contributed by atoms with E-state index in [1.54, 1.807) is 12.1 Å². The predicted molar refractivity (Wildman–Crippen MR) is 89.4 cm³/mol. The third kappa shape index (κ3) is 3.80. The summed E-state index contributed by atoms with van der Waals surface area (Å²) in [6.45, 7) is 8.41. The number of benzene rings is 1. The first-order chi connectivity index (χ1) is 10.4. The van der Waals surface area contributed by atoms with Gasteiger partial charge in [-0.15, -0.1) is 0 Å². The van der Waals surface area contributed by atoms with Gasteiger partial charge in [-0.1, -0.05) is 23.7 Å². The van der Waals surface area contributed by atoms with Gasteiger partial charge in [0.25, 0.3) is 0 Å². The van der Waals surface area contributed by atoms with Crippen LogP contribution in [0.3, 0.4) is 0 Å². The molecule has 0 saturated heterocycles. The highest BCUT2D eigenvalue weighted by Crippen LogP contribution is 2.22. The molecule has 0 aliphatic heterocycles. The van der Waals surface area contributed by atoms with Crippen LogP contribution in [-0.4, -0.2) is 15.8 Å². The van der Waals surface area contributed by atoms with Gasteiger partial charge in [-0.25, -0.2) is 4.79 Å². The van der Waals surface area contributed by atoms with Crippen molar-refractivity contribution in [1.29, 1.82) is 0 Å². The van der Waals surface area contributed by atoms with Crippen molar-refractivity contribution in [1.82, 2.24) is 15.1 Å². The van der Waals surface area contributed by atoms with E-state index in [0.717, 1.165) is 22.6 Å². The Hall–Kier alpha value is -2.01. The number of hydrogen-bond donors (Lipinski definition) is 2. The summed E-state index contributed by atoms with van der Waals surface area (Å²) in [6, 6.07) is 7.39. The molecule has 5 nitrogen and oxygen atoms in total. The van der Waals surface area contributed by atoms with Crippen LogP contribution < -0.4 is 10.6 Å². The molecule has 6 heteroatoms. The minimum Gasteiger partial charge on any atom is -0.334 e. The number of carbonyl (C=O) groups excluding carboxylic acids is 1. The van der Waals surface area contributed by atoms with Crippen LogP contribution in [0.15, 0.2) is 24.3 Å². The standard InChI is InChI=1S/C16H21ClN4O/c1-10(2)21-12(4)15(11(3)20-21)19-16(22)18-9-13-5-7-14(17)8-6-13/h5-8,10H,9H2,1-4H3,(H2,18,19,22). The number of aryl methyl sites for hydroxylation is 1. The largest absolute Gasteiger partial charge is 0.334 e. The van der Waals surface area contributed by atoms with Crippen LogP contribution in [0.2, 0.25) is 5.02 Å². The smallest absolute Gasteiger partial charge is 0.319 e. The van der Waals surface area contributed by atoms with Gasteiger partial charge in [0.1, 0.15) is 0 Å². The van der Waals surface area contributed by atoms with Gasteiger partial charge in [-0.2, -0.15) is 5.10 Å². The van der Waals surface area contributed by atoms with Crippen molar-refractivity contribution in [3.05, 3.63) is 46.2 Å². The first-order valence-corrected chi connectivity index (χ1v) is 7.61. The van der Waals surface area contributed by atoms with Crippen LogP contribution in [0.4, 0.5) is 10.5 Å². The SMILES string of the molecule is Cc1nn(C(C)C)c(C)c1NC(=O)NCc1ccc(Cl)cc1. The van der Waals surface area contributed by atoms with Crippen LogP contribution in [0.5, 0.6) is 0 Å². The zero-order valence-electron chi connectivity index (χ0n) is 13.3. The zero-order valence-corrected chi connectivity index (χ0v) is 14.0. The molecule has 0 bridgehead atoms. The number of nitrogens with one attached hydrogen (secondary N) is 2. The lowest BCUT2D eigenvalue weighted by Crippen LogP contribution is -2.28. The fourth-order valence-electron chi connectivity index (χ4n) is 2.29. The van der Waals surface area contributed by atoms with E-state index in [1.165, 1.54) is 0 Å².